The summed E-state index contributed by atoms with van der Waals surface area (Å²) >= 11 is 0. The van der Waals surface area contributed by atoms with Crippen LogP contribution in [0.15, 0.2) is 0 Å². The molecule has 0 saturated carbocycles. The number of hydrogen-bond acceptors (Lipinski definition) is 4. The van der Waals surface area contributed by atoms with E-state index in [2.05, 4.69) is 20.8 Å². The number of carbonyl (C=O) groups excluding carboxylic acids is 2. The zero-order valence-electron chi connectivity index (χ0n) is 22.5. The van der Waals surface area contributed by atoms with Crippen molar-refractivity contribution in [1.29, 1.82) is 0 Å². The number of carbonyl (C=O) groups is 2. The van der Waals surface area contributed by atoms with Crippen LogP contribution < -0.4 is 0 Å². The van der Waals surface area contributed by atoms with Gasteiger partial charge in [-0.15, -0.1) is 0 Å². The van der Waals surface area contributed by atoms with E-state index in [-0.39, 0.29) is 11.9 Å². The summed E-state index contributed by atoms with van der Waals surface area (Å²) in [6.07, 6.45) is 24.0. The smallest absolute Gasteiger partial charge is 0.305 e. The first kappa shape index (κ1) is 31.9. The number of hydrogen-bond donors (Lipinski definition) is 0. The molecule has 33 heavy (non-hydrogen) atoms. The van der Waals surface area contributed by atoms with Crippen molar-refractivity contribution in [3.8, 4) is 0 Å². The van der Waals surface area contributed by atoms with Gasteiger partial charge in [0.15, 0.2) is 0 Å². The van der Waals surface area contributed by atoms with Gasteiger partial charge in [-0.1, -0.05) is 117 Å². The van der Waals surface area contributed by atoms with E-state index in [4.69, 9.17) is 9.47 Å². The normalized spacial score (nSPS) is 11.2. The maximum Gasteiger partial charge on any atom is 0.305 e. The van der Waals surface area contributed by atoms with E-state index in [0.29, 0.717) is 32.0 Å². The van der Waals surface area contributed by atoms with Gasteiger partial charge in [0.05, 0.1) is 13.2 Å². The lowest BCUT2D eigenvalue weighted by Gasteiger charge is -2.07. The van der Waals surface area contributed by atoms with Crippen molar-refractivity contribution in [3.05, 3.63) is 0 Å². The van der Waals surface area contributed by atoms with Crippen molar-refractivity contribution in [1.82, 2.24) is 0 Å². The molecular formula is C29H56O4. The zero-order valence-corrected chi connectivity index (χ0v) is 22.5. The summed E-state index contributed by atoms with van der Waals surface area (Å²) in [6, 6.07) is 0. The van der Waals surface area contributed by atoms with Crippen LogP contribution in [0.5, 0.6) is 0 Å². The van der Waals surface area contributed by atoms with Gasteiger partial charge in [-0.2, -0.15) is 0 Å². The van der Waals surface area contributed by atoms with E-state index < -0.39 is 0 Å². The van der Waals surface area contributed by atoms with Crippen LogP contribution in [0.1, 0.15) is 156 Å². The molecule has 0 spiro atoms. The van der Waals surface area contributed by atoms with Crippen molar-refractivity contribution in [2.45, 2.75) is 156 Å². The number of esters is 2. The molecule has 0 rings (SSSR count). The molecule has 0 amide bonds. The first-order valence-corrected chi connectivity index (χ1v) is 14.4. The van der Waals surface area contributed by atoms with E-state index in [9.17, 15) is 9.59 Å². The lowest BCUT2D eigenvalue weighted by Crippen LogP contribution is -2.07. The lowest BCUT2D eigenvalue weighted by atomic mass is 10.1. The fourth-order valence-electron chi connectivity index (χ4n) is 3.93. The molecule has 4 nitrogen and oxygen atoms in total. The standard InChI is InChI=1S/C29H56O4/c1-4-5-6-7-8-9-10-11-12-15-18-21-25-32-28(30)22-19-16-13-14-17-20-23-29(31)33-26-24-27(2)3/h27H,4-26H2,1-3H3. The van der Waals surface area contributed by atoms with Crippen molar-refractivity contribution >= 4 is 11.9 Å². The average Bonchev–Trinajstić information content (AvgIpc) is 2.78. The van der Waals surface area contributed by atoms with Crippen LogP contribution >= 0.6 is 0 Å². The fourth-order valence-corrected chi connectivity index (χ4v) is 3.93. The maximum absolute atomic E-state index is 11.8. The summed E-state index contributed by atoms with van der Waals surface area (Å²) in [5, 5.41) is 0. The van der Waals surface area contributed by atoms with Gasteiger partial charge in [0.1, 0.15) is 0 Å². The Labute approximate surface area is 206 Å². The highest BCUT2D eigenvalue weighted by Crippen LogP contribution is 2.13. The van der Waals surface area contributed by atoms with Gasteiger partial charge in [0.2, 0.25) is 0 Å². The van der Waals surface area contributed by atoms with Crippen LogP contribution in [0.3, 0.4) is 0 Å². The Kier molecular flexibility index (Phi) is 24.7. The molecule has 0 aliphatic heterocycles. The van der Waals surface area contributed by atoms with E-state index >= 15 is 0 Å². The third-order valence-corrected chi connectivity index (χ3v) is 6.23. The summed E-state index contributed by atoms with van der Waals surface area (Å²) in [7, 11) is 0. The minimum absolute atomic E-state index is 0.0396. The molecule has 0 fully saturated rings. The molecule has 0 unspecified atom stereocenters. The predicted molar refractivity (Wildman–Crippen MR) is 139 cm³/mol. The van der Waals surface area contributed by atoms with Crippen molar-refractivity contribution < 1.29 is 19.1 Å². The number of unbranched alkanes of at least 4 members (excludes halogenated alkanes) is 16. The van der Waals surface area contributed by atoms with Gasteiger partial charge in [-0.25, -0.2) is 0 Å². The Morgan fingerprint density at radius 3 is 1.30 bits per heavy atom. The second kappa shape index (κ2) is 25.6. The average molecular weight is 469 g/mol. The van der Waals surface area contributed by atoms with Crippen molar-refractivity contribution in [2.75, 3.05) is 13.2 Å². The topological polar surface area (TPSA) is 52.6 Å². The van der Waals surface area contributed by atoms with Gasteiger partial charge in [0, 0.05) is 12.8 Å². The first-order chi connectivity index (χ1) is 16.1. The molecule has 4 heteroatoms. The molecule has 0 radical (unpaired) electrons. The molecule has 0 atom stereocenters. The molecule has 196 valence electrons. The highest BCUT2D eigenvalue weighted by atomic mass is 16.5. The summed E-state index contributed by atoms with van der Waals surface area (Å²) < 4.78 is 10.6. The van der Waals surface area contributed by atoms with Gasteiger partial charge in [0.25, 0.3) is 0 Å². The van der Waals surface area contributed by atoms with Gasteiger partial charge >= 0.3 is 11.9 Å². The third kappa shape index (κ3) is 27.1. The minimum atomic E-state index is -0.0634. The van der Waals surface area contributed by atoms with Crippen molar-refractivity contribution in [3.63, 3.8) is 0 Å². The number of rotatable bonds is 25. The molecule has 0 saturated heterocycles. The predicted octanol–water partition coefficient (Wildman–Crippen LogP) is 8.94. The Hall–Kier alpha value is -1.06. The molecule has 0 aromatic carbocycles. The first-order valence-electron chi connectivity index (χ1n) is 14.4. The maximum atomic E-state index is 11.8. The largest absolute Gasteiger partial charge is 0.466 e. The quantitative estimate of drug-likeness (QED) is 0.0991. The molecule has 0 aliphatic rings. The summed E-state index contributed by atoms with van der Waals surface area (Å²) in [5.74, 6) is 0.471. The Bertz CT molecular complexity index is 433. The van der Waals surface area contributed by atoms with E-state index in [1.54, 1.807) is 0 Å². The second-order valence-electron chi connectivity index (χ2n) is 10.1. The van der Waals surface area contributed by atoms with Crippen molar-refractivity contribution in [2.24, 2.45) is 5.92 Å². The van der Waals surface area contributed by atoms with Crippen LogP contribution in [0.25, 0.3) is 0 Å². The minimum Gasteiger partial charge on any atom is -0.466 e. The molecule has 0 N–H and O–H groups in total. The number of ether oxygens (including phenoxy) is 2. The Morgan fingerprint density at radius 2 is 0.879 bits per heavy atom. The summed E-state index contributed by atoms with van der Waals surface area (Å²) in [5.41, 5.74) is 0. The van der Waals surface area contributed by atoms with Gasteiger partial charge in [-0.3, -0.25) is 9.59 Å². The third-order valence-electron chi connectivity index (χ3n) is 6.23. The van der Waals surface area contributed by atoms with Crippen LogP contribution in [0, 0.1) is 5.92 Å². The van der Waals surface area contributed by atoms with Gasteiger partial charge < -0.3 is 9.47 Å². The second-order valence-corrected chi connectivity index (χ2v) is 10.1. The Morgan fingerprint density at radius 1 is 0.515 bits per heavy atom. The fraction of sp³-hybridized carbons (Fsp3) is 0.931. The lowest BCUT2D eigenvalue weighted by molar-refractivity contribution is -0.145. The molecule has 0 bridgehead atoms. The monoisotopic (exact) mass is 468 g/mol. The zero-order chi connectivity index (χ0) is 24.4. The van der Waals surface area contributed by atoms with Crippen LogP contribution in [0.4, 0.5) is 0 Å². The van der Waals surface area contributed by atoms with E-state index in [1.165, 1.54) is 70.6 Å². The summed E-state index contributed by atoms with van der Waals surface area (Å²) in [4.78, 5) is 23.4. The van der Waals surface area contributed by atoms with Crippen LogP contribution in [-0.4, -0.2) is 25.2 Å². The van der Waals surface area contributed by atoms with E-state index in [0.717, 1.165) is 51.4 Å². The van der Waals surface area contributed by atoms with E-state index in [1.807, 2.05) is 0 Å². The molecule has 0 heterocycles. The molecule has 0 aromatic heterocycles. The van der Waals surface area contributed by atoms with Crippen LogP contribution in [0.2, 0.25) is 0 Å². The molecule has 0 aromatic rings. The summed E-state index contributed by atoms with van der Waals surface area (Å²) in [6.45, 7) is 7.67. The molecule has 0 aliphatic carbocycles. The molecular weight excluding hydrogens is 412 g/mol. The van der Waals surface area contributed by atoms with Crippen LogP contribution in [-0.2, 0) is 19.1 Å². The highest BCUT2D eigenvalue weighted by molar-refractivity contribution is 5.69. The van der Waals surface area contributed by atoms with Gasteiger partial charge in [-0.05, 0) is 31.6 Å². The highest BCUT2D eigenvalue weighted by Gasteiger charge is 2.05. The SMILES string of the molecule is CCCCCCCCCCCCCCOC(=O)CCCCCCCCC(=O)OCCC(C)C. The Balaban J connectivity index is 3.24.